The van der Waals surface area contributed by atoms with Crippen molar-refractivity contribution >= 4 is 8.07 Å². The van der Waals surface area contributed by atoms with Gasteiger partial charge in [0, 0.05) is 6.61 Å². The molecular weight excluding hydrogens is 296 g/mol. The standard InChI is InChI=1S/C21H43OSi/c1-8-22-21(20-15-13-11-9-10-12-14-16-20)23(17(2)3,18(4)5)19(6)7/h15,17-21H,8-14,16H2,1-7H3. The first kappa shape index (κ1) is 21.2. The molecule has 0 saturated heterocycles. The first-order valence-corrected chi connectivity index (χ1v) is 12.6. The molecule has 1 saturated carbocycles. The van der Waals surface area contributed by atoms with Crippen molar-refractivity contribution in [2.24, 2.45) is 5.92 Å². The van der Waals surface area contributed by atoms with Gasteiger partial charge in [-0.05, 0) is 48.7 Å². The fraction of sp³-hybridized carbons (Fsp3) is 0.952. The van der Waals surface area contributed by atoms with Gasteiger partial charge in [-0.3, -0.25) is 0 Å². The lowest BCUT2D eigenvalue weighted by Gasteiger charge is -2.51. The number of rotatable bonds is 7. The molecule has 0 heterocycles. The van der Waals surface area contributed by atoms with Gasteiger partial charge in [-0.15, -0.1) is 0 Å². The van der Waals surface area contributed by atoms with Crippen LogP contribution in [0.1, 0.15) is 93.4 Å². The lowest BCUT2D eigenvalue weighted by molar-refractivity contribution is 0.0693. The molecule has 1 rings (SSSR count). The fourth-order valence-corrected chi connectivity index (χ4v) is 13.1. The molecule has 0 aliphatic heterocycles. The van der Waals surface area contributed by atoms with Crippen LogP contribution in [0.3, 0.4) is 0 Å². The zero-order valence-electron chi connectivity index (χ0n) is 17.0. The maximum Gasteiger partial charge on any atom is 0.0955 e. The summed E-state index contributed by atoms with van der Waals surface area (Å²) < 4.78 is 6.60. The molecule has 1 fully saturated rings. The number of hydrogen-bond acceptors (Lipinski definition) is 1. The van der Waals surface area contributed by atoms with Crippen molar-refractivity contribution in [1.82, 2.24) is 0 Å². The predicted octanol–water partition coefficient (Wildman–Crippen LogP) is 7.17. The largest absolute Gasteiger partial charge is 0.382 e. The average molecular weight is 340 g/mol. The van der Waals surface area contributed by atoms with Crippen LogP contribution in [0.25, 0.3) is 0 Å². The molecule has 1 nitrogen and oxygen atoms in total. The molecule has 0 amide bonds. The van der Waals surface area contributed by atoms with E-state index in [1.54, 1.807) is 0 Å². The zero-order chi connectivity index (χ0) is 17.5. The van der Waals surface area contributed by atoms with Crippen molar-refractivity contribution < 1.29 is 4.74 Å². The molecule has 0 N–H and O–H groups in total. The van der Waals surface area contributed by atoms with Crippen LogP contribution in [-0.4, -0.2) is 20.4 Å². The summed E-state index contributed by atoms with van der Waals surface area (Å²) in [6.07, 6.45) is 12.4. The molecule has 0 aromatic carbocycles. The summed E-state index contributed by atoms with van der Waals surface area (Å²) in [6.45, 7) is 17.9. The minimum atomic E-state index is -1.57. The molecule has 2 heteroatoms. The van der Waals surface area contributed by atoms with E-state index in [0.717, 1.165) is 23.2 Å². The van der Waals surface area contributed by atoms with Gasteiger partial charge < -0.3 is 4.74 Å². The Morgan fingerprint density at radius 3 is 1.91 bits per heavy atom. The average Bonchev–Trinajstić information content (AvgIpc) is 2.59. The van der Waals surface area contributed by atoms with Crippen molar-refractivity contribution in [2.45, 2.75) is 116 Å². The lowest BCUT2D eigenvalue weighted by Crippen LogP contribution is -2.59. The molecule has 23 heavy (non-hydrogen) atoms. The Morgan fingerprint density at radius 2 is 1.39 bits per heavy atom. The van der Waals surface area contributed by atoms with E-state index < -0.39 is 8.07 Å². The summed E-state index contributed by atoms with van der Waals surface area (Å²) in [6, 6.07) is 0. The van der Waals surface area contributed by atoms with Crippen LogP contribution in [0.4, 0.5) is 0 Å². The van der Waals surface area contributed by atoms with E-state index in [1.807, 2.05) is 0 Å². The fourth-order valence-electron chi connectivity index (χ4n) is 5.58. The second-order valence-electron chi connectivity index (χ2n) is 8.58. The summed E-state index contributed by atoms with van der Waals surface area (Å²) in [7, 11) is -1.57. The molecule has 0 aromatic rings. The van der Waals surface area contributed by atoms with Gasteiger partial charge in [0.25, 0.3) is 0 Å². The highest BCUT2D eigenvalue weighted by Gasteiger charge is 2.52. The van der Waals surface area contributed by atoms with Crippen LogP contribution in [-0.2, 0) is 4.74 Å². The molecule has 2 atom stereocenters. The van der Waals surface area contributed by atoms with Crippen molar-refractivity contribution in [3.8, 4) is 0 Å². The Bertz CT molecular complexity index is 279. The Hall–Kier alpha value is 0.177. The van der Waals surface area contributed by atoms with E-state index >= 15 is 0 Å². The quantitative estimate of drug-likeness (QED) is 0.446. The van der Waals surface area contributed by atoms with Crippen LogP contribution < -0.4 is 0 Å². The molecule has 0 spiro atoms. The summed E-state index contributed by atoms with van der Waals surface area (Å²) in [5, 5.41) is 0. The topological polar surface area (TPSA) is 9.23 Å². The Labute approximate surface area is 148 Å². The summed E-state index contributed by atoms with van der Waals surface area (Å²) in [5.74, 6) is 0.687. The van der Waals surface area contributed by atoms with Gasteiger partial charge in [0.2, 0.25) is 0 Å². The van der Waals surface area contributed by atoms with E-state index in [1.165, 1.54) is 44.9 Å². The number of hydrogen-bond donors (Lipinski definition) is 0. The van der Waals surface area contributed by atoms with E-state index in [4.69, 9.17) is 4.74 Å². The van der Waals surface area contributed by atoms with Gasteiger partial charge in [-0.2, -0.15) is 0 Å². The highest BCUT2D eigenvalue weighted by atomic mass is 28.3. The first-order valence-electron chi connectivity index (χ1n) is 10.3. The predicted molar refractivity (Wildman–Crippen MR) is 107 cm³/mol. The minimum Gasteiger partial charge on any atom is -0.382 e. The molecule has 137 valence electrons. The van der Waals surface area contributed by atoms with Crippen LogP contribution in [0.15, 0.2) is 0 Å². The Kier molecular flexibility index (Phi) is 9.44. The van der Waals surface area contributed by atoms with Gasteiger partial charge >= 0.3 is 0 Å². The van der Waals surface area contributed by atoms with Crippen LogP contribution in [0.2, 0.25) is 16.6 Å². The van der Waals surface area contributed by atoms with Crippen LogP contribution in [0.5, 0.6) is 0 Å². The van der Waals surface area contributed by atoms with Gasteiger partial charge in [0.1, 0.15) is 0 Å². The highest BCUT2D eigenvalue weighted by molar-refractivity contribution is 6.84. The molecule has 0 bridgehead atoms. The molecule has 2 unspecified atom stereocenters. The van der Waals surface area contributed by atoms with Gasteiger partial charge in [-0.25, -0.2) is 0 Å². The lowest BCUT2D eigenvalue weighted by atomic mass is 9.97. The normalized spacial score (nSPS) is 20.6. The molecule has 0 aromatic heterocycles. The van der Waals surface area contributed by atoms with E-state index in [-0.39, 0.29) is 0 Å². The van der Waals surface area contributed by atoms with Gasteiger partial charge in [-0.1, -0.05) is 73.6 Å². The van der Waals surface area contributed by atoms with E-state index in [0.29, 0.717) is 11.6 Å². The molecule has 1 aliphatic rings. The van der Waals surface area contributed by atoms with E-state index in [9.17, 15) is 0 Å². The van der Waals surface area contributed by atoms with Crippen molar-refractivity contribution in [3.05, 3.63) is 6.42 Å². The third kappa shape index (κ3) is 5.08. The first-order chi connectivity index (χ1) is 10.9. The summed E-state index contributed by atoms with van der Waals surface area (Å²) in [5.41, 5.74) is 2.84. The monoisotopic (exact) mass is 339 g/mol. The van der Waals surface area contributed by atoms with Crippen molar-refractivity contribution in [1.29, 1.82) is 0 Å². The second kappa shape index (κ2) is 10.2. The third-order valence-corrected chi connectivity index (χ3v) is 14.0. The molecule has 1 radical (unpaired) electrons. The minimum absolute atomic E-state index is 0.505. The Morgan fingerprint density at radius 1 is 0.870 bits per heavy atom. The molecular formula is C21H43OSi. The van der Waals surface area contributed by atoms with Crippen molar-refractivity contribution in [3.63, 3.8) is 0 Å². The smallest absolute Gasteiger partial charge is 0.0955 e. The van der Waals surface area contributed by atoms with Gasteiger partial charge in [0.15, 0.2) is 0 Å². The van der Waals surface area contributed by atoms with Crippen molar-refractivity contribution in [2.75, 3.05) is 6.61 Å². The van der Waals surface area contributed by atoms with Gasteiger partial charge in [0.05, 0.1) is 13.8 Å². The molecule has 1 aliphatic carbocycles. The zero-order valence-corrected chi connectivity index (χ0v) is 18.0. The third-order valence-electron chi connectivity index (χ3n) is 6.44. The van der Waals surface area contributed by atoms with E-state index in [2.05, 4.69) is 54.9 Å². The maximum absolute atomic E-state index is 6.60. The Balaban J connectivity index is 3.15. The van der Waals surface area contributed by atoms with Crippen LogP contribution >= 0.6 is 0 Å². The maximum atomic E-state index is 6.60. The highest BCUT2D eigenvalue weighted by Crippen LogP contribution is 2.48. The summed E-state index contributed by atoms with van der Waals surface area (Å²) in [4.78, 5) is 0. The second-order valence-corrected chi connectivity index (χ2v) is 14.6. The summed E-state index contributed by atoms with van der Waals surface area (Å²) >= 11 is 0. The van der Waals surface area contributed by atoms with Crippen LogP contribution in [0, 0.1) is 12.3 Å². The SMILES string of the molecule is CCOC(C1[CH]CCCCCCC1)[Si](C(C)C)(C(C)C)C(C)C. The number of ether oxygens (including phenoxy) is 1.